The van der Waals surface area contributed by atoms with Gasteiger partial charge in [-0.15, -0.1) is 13.2 Å². The van der Waals surface area contributed by atoms with Gasteiger partial charge in [-0.2, -0.15) is 0 Å². The van der Waals surface area contributed by atoms with Gasteiger partial charge in [-0.25, -0.2) is 4.79 Å². The van der Waals surface area contributed by atoms with Crippen LogP contribution in [0.4, 0.5) is 18.0 Å². The van der Waals surface area contributed by atoms with Crippen LogP contribution < -0.4 is 10.1 Å². The monoisotopic (exact) mass is 412 g/mol. The number of rotatable bonds is 4. The van der Waals surface area contributed by atoms with E-state index in [1.165, 1.54) is 19.2 Å². The molecule has 9 heteroatoms. The number of nitrogens with one attached hydrogen (secondary N) is 1. The smallest absolute Gasteiger partial charge is 0.453 e. The topological polar surface area (TPSA) is 67.9 Å². The summed E-state index contributed by atoms with van der Waals surface area (Å²) in [5.74, 6) is -0.0919. The number of hydrogen-bond donors (Lipinski definition) is 1. The predicted octanol–water partition coefficient (Wildman–Crippen LogP) is 3.21. The quantitative estimate of drug-likeness (QED) is 0.825. The Balaban J connectivity index is 1.38. The molecule has 0 radical (unpaired) electrons. The number of ether oxygens (including phenoxy) is 2. The van der Waals surface area contributed by atoms with Crippen molar-refractivity contribution in [1.29, 1.82) is 0 Å². The molecule has 2 atom stereocenters. The molecule has 1 aromatic rings. The molecule has 4 rings (SSSR count). The summed E-state index contributed by atoms with van der Waals surface area (Å²) < 4.78 is 46.2. The number of fused-ring (bicyclic) bond motifs is 1. The number of amides is 2. The van der Waals surface area contributed by atoms with Gasteiger partial charge in [0, 0.05) is 30.0 Å². The van der Waals surface area contributed by atoms with E-state index < -0.39 is 18.0 Å². The standard InChI is InChI=1S/C20H23F3N2O4/c1-18(24-17(27)28-2)7-12(8-18)16(26)25-10-14-9-19(14,11-25)13-4-3-5-15(6-13)29-20(21,22)23/h3-6,12,14H,7-11H2,1-2H3,(H,24,27)/t12-,14?,18+,19?. The van der Waals surface area contributed by atoms with E-state index in [9.17, 15) is 22.8 Å². The van der Waals surface area contributed by atoms with Crippen molar-refractivity contribution < 1.29 is 32.2 Å². The first-order chi connectivity index (χ1) is 13.5. The van der Waals surface area contributed by atoms with Crippen LogP contribution in [0.5, 0.6) is 5.75 Å². The van der Waals surface area contributed by atoms with Gasteiger partial charge < -0.3 is 19.7 Å². The van der Waals surface area contributed by atoms with Gasteiger partial charge in [0.25, 0.3) is 0 Å². The summed E-state index contributed by atoms with van der Waals surface area (Å²) in [5.41, 5.74) is 0.0555. The van der Waals surface area contributed by atoms with Crippen LogP contribution in [-0.4, -0.2) is 49.0 Å². The number of carbonyl (C=O) groups excluding carboxylic acids is 2. The van der Waals surface area contributed by atoms with E-state index in [4.69, 9.17) is 0 Å². The van der Waals surface area contributed by atoms with E-state index in [0.29, 0.717) is 25.9 Å². The third-order valence-electron chi connectivity index (χ3n) is 6.43. The zero-order valence-corrected chi connectivity index (χ0v) is 16.2. The van der Waals surface area contributed by atoms with Crippen molar-refractivity contribution in [2.45, 2.75) is 43.5 Å². The molecular weight excluding hydrogens is 389 g/mol. The fourth-order valence-corrected chi connectivity index (χ4v) is 4.96. The third-order valence-corrected chi connectivity index (χ3v) is 6.43. The maximum absolute atomic E-state index is 12.9. The number of nitrogens with zero attached hydrogens (tertiary/aromatic N) is 1. The Morgan fingerprint density at radius 3 is 2.62 bits per heavy atom. The summed E-state index contributed by atoms with van der Waals surface area (Å²) in [7, 11) is 1.30. The fourth-order valence-electron chi connectivity index (χ4n) is 4.96. The maximum Gasteiger partial charge on any atom is 0.573 e. The molecule has 3 fully saturated rings. The Hall–Kier alpha value is -2.45. The van der Waals surface area contributed by atoms with E-state index in [0.717, 1.165) is 12.0 Å². The van der Waals surface area contributed by atoms with Crippen LogP contribution in [0.2, 0.25) is 0 Å². The first kappa shape index (κ1) is 19.8. The zero-order chi connectivity index (χ0) is 21.0. The molecule has 0 bridgehead atoms. The van der Waals surface area contributed by atoms with Gasteiger partial charge in [-0.3, -0.25) is 4.79 Å². The lowest BCUT2D eigenvalue weighted by atomic mass is 9.69. The van der Waals surface area contributed by atoms with Gasteiger partial charge in [-0.05, 0) is 49.8 Å². The first-order valence-corrected chi connectivity index (χ1v) is 9.55. The Bertz CT molecular complexity index is 837. The molecule has 2 aliphatic carbocycles. The van der Waals surface area contributed by atoms with Crippen LogP contribution >= 0.6 is 0 Å². The Labute approximate surface area is 166 Å². The molecule has 3 aliphatic rings. The molecule has 6 nitrogen and oxygen atoms in total. The highest BCUT2D eigenvalue weighted by Gasteiger charge is 2.62. The number of piperidine rings is 1. The molecule has 2 saturated carbocycles. The van der Waals surface area contributed by atoms with E-state index in [1.54, 1.807) is 12.1 Å². The Morgan fingerprint density at radius 2 is 1.97 bits per heavy atom. The summed E-state index contributed by atoms with van der Waals surface area (Å²) in [5, 5.41) is 2.76. The fraction of sp³-hybridized carbons (Fsp3) is 0.600. The molecule has 29 heavy (non-hydrogen) atoms. The highest BCUT2D eigenvalue weighted by atomic mass is 19.4. The average molecular weight is 412 g/mol. The van der Waals surface area contributed by atoms with E-state index in [2.05, 4.69) is 14.8 Å². The molecule has 2 amide bonds. The number of benzene rings is 1. The minimum absolute atomic E-state index is 0.0448. The van der Waals surface area contributed by atoms with Crippen LogP contribution in [-0.2, 0) is 14.9 Å². The molecule has 158 valence electrons. The Kier molecular flexibility index (Phi) is 4.47. The molecule has 0 aromatic heterocycles. The van der Waals surface area contributed by atoms with Gasteiger partial charge in [0.2, 0.25) is 5.91 Å². The van der Waals surface area contributed by atoms with Crippen LogP contribution in [0, 0.1) is 11.8 Å². The number of hydrogen-bond acceptors (Lipinski definition) is 4. The second-order valence-electron chi connectivity index (χ2n) is 8.63. The zero-order valence-electron chi connectivity index (χ0n) is 16.2. The normalized spacial score (nSPS) is 32.8. The molecule has 0 spiro atoms. The summed E-state index contributed by atoms with van der Waals surface area (Å²) in [6, 6.07) is 6.08. The maximum atomic E-state index is 12.9. The molecule has 1 heterocycles. The molecule has 1 N–H and O–H groups in total. The lowest BCUT2D eigenvalue weighted by Gasteiger charge is -2.45. The largest absolute Gasteiger partial charge is 0.573 e. The van der Waals surface area contributed by atoms with Crippen molar-refractivity contribution in [3.05, 3.63) is 29.8 Å². The number of halogens is 3. The number of likely N-dealkylation sites (tertiary alicyclic amines) is 1. The van der Waals surface area contributed by atoms with E-state index >= 15 is 0 Å². The lowest BCUT2D eigenvalue weighted by Crippen LogP contribution is -2.58. The lowest BCUT2D eigenvalue weighted by molar-refractivity contribution is -0.274. The van der Waals surface area contributed by atoms with Gasteiger partial charge in [0.05, 0.1) is 7.11 Å². The van der Waals surface area contributed by atoms with Gasteiger partial charge in [0.15, 0.2) is 0 Å². The molecule has 1 saturated heterocycles. The molecule has 1 aliphatic heterocycles. The second kappa shape index (κ2) is 6.53. The van der Waals surface area contributed by atoms with Crippen molar-refractivity contribution in [3.63, 3.8) is 0 Å². The van der Waals surface area contributed by atoms with Crippen LogP contribution in [0.15, 0.2) is 24.3 Å². The summed E-state index contributed by atoms with van der Waals surface area (Å²) >= 11 is 0. The average Bonchev–Trinajstić information content (AvgIpc) is 3.19. The highest BCUT2D eigenvalue weighted by molar-refractivity contribution is 5.82. The van der Waals surface area contributed by atoms with Crippen molar-refractivity contribution in [2.75, 3.05) is 20.2 Å². The Morgan fingerprint density at radius 1 is 1.24 bits per heavy atom. The SMILES string of the molecule is COC(=O)N[C@]1(C)C[C@H](C(=O)N2CC3CC3(c3cccc(OC(F)(F)F)c3)C2)C1. The number of methoxy groups -OCH3 is 1. The predicted molar refractivity (Wildman–Crippen MR) is 96.2 cm³/mol. The van der Waals surface area contributed by atoms with Crippen LogP contribution in [0.25, 0.3) is 0 Å². The summed E-state index contributed by atoms with van der Waals surface area (Å²) in [6.07, 6.45) is -3.29. The summed E-state index contributed by atoms with van der Waals surface area (Å²) in [6.45, 7) is 2.99. The highest BCUT2D eigenvalue weighted by Crippen LogP contribution is 2.60. The second-order valence-corrected chi connectivity index (χ2v) is 8.63. The van der Waals surface area contributed by atoms with Gasteiger partial charge in [-0.1, -0.05) is 12.1 Å². The van der Waals surface area contributed by atoms with Gasteiger partial charge >= 0.3 is 12.5 Å². The van der Waals surface area contributed by atoms with Gasteiger partial charge in [0.1, 0.15) is 5.75 Å². The minimum Gasteiger partial charge on any atom is -0.453 e. The van der Waals surface area contributed by atoms with Crippen LogP contribution in [0.3, 0.4) is 0 Å². The number of carbonyl (C=O) groups is 2. The molecule has 1 aromatic carbocycles. The molecule has 2 unspecified atom stereocenters. The van der Waals surface area contributed by atoms with Crippen LogP contribution in [0.1, 0.15) is 31.7 Å². The van der Waals surface area contributed by atoms with E-state index in [1.807, 2.05) is 11.8 Å². The van der Waals surface area contributed by atoms with Crippen molar-refractivity contribution in [3.8, 4) is 5.75 Å². The third kappa shape index (κ3) is 3.74. The summed E-state index contributed by atoms with van der Waals surface area (Å²) in [4.78, 5) is 26.1. The van der Waals surface area contributed by atoms with Crippen molar-refractivity contribution >= 4 is 12.0 Å². The van der Waals surface area contributed by atoms with E-state index in [-0.39, 0.29) is 28.9 Å². The number of alkyl halides is 3. The number of alkyl carbamates (subject to hydrolysis) is 1. The first-order valence-electron chi connectivity index (χ1n) is 9.55. The minimum atomic E-state index is -4.73. The molecular formula is C20H23F3N2O4. The van der Waals surface area contributed by atoms with Crippen molar-refractivity contribution in [2.24, 2.45) is 11.8 Å². The van der Waals surface area contributed by atoms with Crippen molar-refractivity contribution in [1.82, 2.24) is 10.2 Å².